The number of ether oxygens (including phenoxy) is 5. The van der Waals surface area contributed by atoms with Crippen LogP contribution in [0.15, 0.2) is 30.3 Å². The van der Waals surface area contributed by atoms with Crippen molar-refractivity contribution in [1.82, 2.24) is 36.0 Å². The summed E-state index contributed by atoms with van der Waals surface area (Å²) in [7, 11) is 4.42. The number of nitrogens with zero attached hydrogens (tertiary/aromatic N) is 3. The van der Waals surface area contributed by atoms with Crippen LogP contribution in [0.4, 0.5) is 0 Å². The zero-order valence-corrected chi connectivity index (χ0v) is 55.5. The molecule has 2 bridgehead atoms. The molecule has 5 N–H and O–H groups in total. The van der Waals surface area contributed by atoms with Crippen LogP contribution < -0.4 is 21.3 Å². The van der Waals surface area contributed by atoms with Crippen LogP contribution >= 0.6 is 11.8 Å². The Morgan fingerprint density at radius 2 is 1.42 bits per heavy atom. The Morgan fingerprint density at radius 3 is 2.10 bits per heavy atom. The lowest BCUT2D eigenvalue weighted by atomic mass is 9.78. The quantitative estimate of drug-likeness (QED) is 0.0787. The summed E-state index contributed by atoms with van der Waals surface area (Å²) in [5.41, 5.74) is 0.724. The van der Waals surface area contributed by atoms with Crippen LogP contribution in [0.3, 0.4) is 0 Å². The number of cyclic esters (lactones) is 1. The van der Waals surface area contributed by atoms with Gasteiger partial charge in [-0.2, -0.15) is 11.8 Å². The first-order valence-corrected chi connectivity index (χ1v) is 34.2. The summed E-state index contributed by atoms with van der Waals surface area (Å²) >= 11 is 1.24. The van der Waals surface area contributed by atoms with Gasteiger partial charge in [0.25, 0.3) is 11.7 Å². The number of benzene rings is 1. The number of hydrogen-bond acceptors (Lipinski definition) is 18. The Bertz CT molecular complexity index is 2640. The summed E-state index contributed by atoms with van der Waals surface area (Å²) in [6, 6.07) is 4.50. The van der Waals surface area contributed by atoms with E-state index in [9.17, 15) is 57.8 Å². The van der Waals surface area contributed by atoms with E-state index < -0.39 is 138 Å². The molecule has 1 aromatic rings. The number of likely N-dealkylation sites (N-methyl/N-ethyl adjacent to an activating group) is 2. The second kappa shape index (κ2) is 36.3. The van der Waals surface area contributed by atoms with E-state index in [1.165, 1.54) is 49.7 Å². The molecule has 24 nitrogen and oxygen atoms in total. The second-order valence-corrected chi connectivity index (χ2v) is 27.2. The average molecular weight is 1300 g/mol. The molecule has 3 heterocycles. The number of nitrogens with one attached hydrogen (secondary N) is 4. The van der Waals surface area contributed by atoms with E-state index in [2.05, 4.69) is 21.3 Å². The first-order chi connectivity index (χ1) is 43.4. The number of Topliss-reactive ketones (excluding diaryl/α,β-unsaturated/α-hetero) is 1. The van der Waals surface area contributed by atoms with Gasteiger partial charge >= 0.3 is 17.9 Å². The highest BCUT2D eigenvalue weighted by Crippen LogP contribution is 2.38. The van der Waals surface area contributed by atoms with Crippen molar-refractivity contribution in [1.29, 1.82) is 0 Å². The van der Waals surface area contributed by atoms with Crippen molar-refractivity contribution in [3.8, 4) is 0 Å². The smallest absolute Gasteiger partial charge is 0.329 e. The van der Waals surface area contributed by atoms with Crippen molar-refractivity contribution < 1.29 is 81.5 Å². The molecule has 12 atom stereocenters. The molecule has 0 radical (unpaired) electrons. The van der Waals surface area contributed by atoms with Crippen LogP contribution in [0.5, 0.6) is 0 Å². The minimum Gasteiger partial charge on any atom is -0.462 e. The maximum absolute atomic E-state index is 14.6. The van der Waals surface area contributed by atoms with Gasteiger partial charge in [-0.1, -0.05) is 70.9 Å². The molecule has 7 amide bonds. The molecule has 1 aromatic carbocycles. The number of carbonyl (C=O) groups excluding carboxylic acids is 11. The molecule has 3 saturated heterocycles. The monoisotopic (exact) mass is 1300 g/mol. The van der Waals surface area contributed by atoms with Crippen LogP contribution in [0.2, 0.25) is 0 Å². The number of piperidine rings is 1. The summed E-state index contributed by atoms with van der Waals surface area (Å²) in [4.78, 5) is 156. The van der Waals surface area contributed by atoms with E-state index >= 15 is 0 Å². The number of aliphatic hydroxyl groups is 1. The maximum Gasteiger partial charge on any atom is 0.329 e. The first-order valence-electron chi connectivity index (χ1n) is 33.0. The van der Waals surface area contributed by atoms with Crippen LogP contribution in [-0.4, -0.2) is 204 Å². The van der Waals surface area contributed by atoms with Crippen molar-refractivity contribution in [2.45, 2.75) is 230 Å². The Hall–Kier alpha value is -6.18. The number of fused-ring (bicyclic) bond motifs is 3. The fourth-order valence-electron chi connectivity index (χ4n) is 13.0. The predicted molar refractivity (Wildman–Crippen MR) is 337 cm³/mol. The van der Waals surface area contributed by atoms with Gasteiger partial charge < -0.3 is 64.8 Å². The molecule has 25 heteroatoms. The molecule has 0 aromatic heterocycles. The van der Waals surface area contributed by atoms with Gasteiger partial charge in [0.05, 0.1) is 43.8 Å². The third kappa shape index (κ3) is 22.5. The van der Waals surface area contributed by atoms with Crippen LogP contribution in [0.25, 0.3) is 0 Å². The Balaban J connectivity index is 1.18. The topological polar surface area (TPSA) is 312 Å². The minimum absolute atomic E-state index is 0.00634. The molecule has 5 aliphatic rings. The van der Waals surface area contributed by atoms with E-state index in [1.54, 1.807) is 31.2 Å². The molecule has 5 fully saturated rings. The molecular weight excluding hydrogens is 1190 g/mol. The van der Waals surface area contributed by atoms with Crippen molar-refractivity contribution in [2.75, 3.05) is 58.9 Å². The Labute approximate surface area is 540 Å². The van der Waals surface area contributed by atoms with E-state index in [0.717, 1.165) is 49.0 Å². The molecule has 2 saturated carbocycles. The van der Waals surface area contributed by atoms with Gasteiger partial charge in [-0.05, 0) is 132 Å². The summed E-state index contributed by atoms with van der Waals surface area (Å²) in [5, 5.41) is 23.1. The molecule has 508 valence electrons. The lowest BCUT2D eigenvalue weighted by molar-refractivity contribution is -0.262. The first kappa shape index (κ1) is 73.9. The molecule has 0 unspecified atom stereocenters. The van der Waals surface area contributed by atoms with E-state index in [-0.39, 0.29) is 81.9 Å². The van der Waals surface area contributed by atoms with Gasteiger partial charge in [-0.3, -0.25) is 47.9 Å². The number of ketones is 1. The SMILES string of the molecule is CO[C@@H]1C[C@H](C[C@@H](C)[C@@H]2CC(=O)NCCNC(=O)CN(C)C(=O)[C@H](Cc3ccccc3)NC(=O)[C@H](CC(C)C)N(C)C(=O)[C@H](C)NC(=O)CSCC[C@@H]3CC[C@@H](C)[C@@](O)(O3)C(=O)C(=O)N3CCCC[C@H]3C(=O)O2)CC[C@H]1OC(=O)CCC(=O)OC1CCCCCC1. The van der Waals surface area contributed by atoms with Crippen molar-refractivity contribution >= 4 is 76.8 Å². The summed E-state index contributed by atoms with van der Waals surface area (Å²) in [6.45, 7) is 8.19. The Morgan fingerprint density at radius 1 is 0.747 bits per heavy atom. The fourth-order valence-corrected chi connectivity index (χ4v) is 13.8. The third-order valence-corrected chi connectivity index (χ3v) is 19.3. The molecule has 91 heavy (non-hydrogen) atoms. The summed E-state index contributed by atoms with van der Waals surface area (Å²) < 4.78 is 29.7. The zero-order valence-electron chi connectivity index (χ0n) is 54.7. The van der Waals surface area contributed by atoms with Crippen LogP contribution in [-0.2, 0) is 82.8 Å². The van der Waals surface area contributed by atoms with Crippen LogP contribution in [0, 0.1) is 23.7 Å². The minimum atomic E-state index is -2.53. The Kier molecular flexibility index (Phi) is 29.5. The highest BCUT2D eigenvalue weighted by atomic mass is 32.2. The highest BCUT2D eigenvalue weighted by molar-refractivity contribution is 7.99. The van der Waals surface area contributed by atoms with E-state index in [1.807, 2.05) is 26.8 Å². The van der Waals surface area contributed by atoms with Crippen molar-refractivity contribution in [3.63, 3.8) is 0 Å². The largest absolute Gasteiger partial charge is 0.462 e. The third-order valence-electron chi connectivity index (χ3n) is 18.3. The van der Waals surface area contributed by atoms with Crippen LogP contribution in [0.1, 0.15) is 169 Å². The normalized spacial score (nSPS) is 30.0. The number of amides is 7. The number of methoxy groups -OCH3 is 1. The lowest BCUT2D eigenvalue weighted by Crippen LogP contribution is -2.60. The highest BCUT2D eigenvalue weighted by Gasteiger charge is 2.53. The van der Waals surface area contributed by atoms with Gasteiger partial charge in [0.2, 0.25) is 41.2 Å². The fraction of sp³-hybridized carbons (Fsp3) is 0.742. The van der Waals surface area contributed by atoms with Gasteiger partial charge in [0.1, 0.15) is 42.5 Å². The van der Waals surface area contributed by atoms with Gasteiger partial charge in [0.15, 0.2) is 0 Å². The number of rotatable bonds is 13. The molecule has 2 aliphatic carbocycles. The molecule has 0 spiro atoms. The molecule has 6 rings (SSSR count). The van der Waals surface area contributed by atoms with Gasteiger partial charge in [-0.25, -0.2) is 4.79 Å². The average Bonchev–Trinajstić information content (AvgIpc) is 0.922. The zero-order chi connectivity index (χ0) is 66.4. The number of carbonyl (C=O) groups is 11. The summed E-state index contributed by atoms with van der Waals surface area (Å²) in [5.74, 6) is -11.1. The van der Waals surface area contributed by atoms with Gasteiger partial charge in [0, 0.05) is 53.2 Å². The van der Waals surface area contributed by atoms with Crippen molar-refractivity contribution in [3.05, 3.63) is 35.9 Å². The molecular formula is C66H101N7O17S. The lowest BCUT2D eigenvalue weighted by Gasteiger charge is -2.42. The second-order valence-electron chi connectivity index (χ2n) is 26.1. The maximum atomic E-state index is 14.6. The number of esters is 3. The molecule has 3 aliphatic heterocycles. The number of hydrogen-bond donors (Lipinski definition) is 5. The van der Waals surface area contributed by atoms with E-state index in [0.29, 0.717) is 63.5 Å². The van der Waals surface area contributed by atoms with Gasteiger partial charge in [-0.15, -0.1) is 0 Å². The standard InChI is InChI=1S/C66H101N7O17S/c1-41(2)34-51-61(80)70-49(36-45-18-12-11-13-19-45)63(82)71(6)39-56(75)68-31-30-67-55(74)38-53(42(3)35-46-24-26-52(54(37-46)86-8)88-59(78)28-27-58(77)87-47-20-14-9-10-15-21-47)89-65(84)50-22-16-17-32-73(50)64(83)60(79)66(85)43(4)23-25-48(90-66)29-33-91-40-57(76)69-44(5)62(81)72(51)7/h11-13,18-19,41-44,46-54,85H,9-10,14-17,20-40H2,1-8H3,(H,67,74)(H,68,75)(H,69,76)(H,70,80)/t42-,43-,44+,46+,48+,49+,50+,51+,52-,53+,54-,66-/m1/s1. The predicted octanol–water partition coefficient (Wildman–Crippen LogP) is 4.47. The summed E-state index contributed by atoms with van der Waals surface area (Å²) in [6.07, 6.45) is 6.75. The number of thioether (sulfide) groups is 1. The van der Waals surface area contributed by atoms with Crippen molar-refractivity contribution in [2.24, 2.45) is 23.7 Å². The van der Waals surface area contributed by atoms with E-state index in [4.69, 9.17) is 23.7 Å².